The Labute approximate surface area is 182 Å². The molecule has 0 saturated carbocycles. The summed E-state index contributed by atoms with van der Waals surface area (Å²) in [5, 5.41) is 0.480. The van der Waals surface area contributed by atoms with E-state index in [1.807, 2.05) is 24.5 Å². The number of hydrogen-bond donors (Lipinski definition) is 0. The number of furan rings is 1. The SMILES string of the molecule is CSc1ccccc1C(=O)N(Cc1ccco1)c1nc2ccc(S(C)(=O)=O)cc2s1. The van der Waals surface area contributed by atoms with Crippen molar-refractivity contribution in [3.8, 4) is 0 Å². The van der Waals surface area contributed by atoms with Gasteiger partial charge in [0.2, 0.25) is 0 Å². The standard InChI is InChI=1S/C21H18N2O4S3/c1-28-18-8-4-3-7-16(18)20(24)23(13-14-6-5-11-27-14)21-22-17-10-9-15(30(2,25)26)12-19(17)29-21/h3-12H,13H2,1-2H3. The predicted octanol–water partition coefficient (Wildman–Crippen LogP) is 4.86. The van der Waals surface area contributed by atoms with E-state index in [0.29, 0.717) is 26.7 Å². The first kappa shape index (κ1) is 20.6. The summed E-state index contributed by atoms with van der Waals surface area (Å²) in [6.07, 6.45) is 4.65. The van der Waals surface area contributed by atoms with Crippen molar-refractivity contribution in [1.82, 2.24) is 4.98 Å². The van der Waals surface area contributed by atoms with E-state index in [1.54, 1.807) is 41.5 Å². The number of aromatic nitrogens is 1. The first-order chi connectivity index (χ1) is 14.4. The van der Waals surface area contributed by atoms with Gasteiger partial charge in [0, 0.05) is 11.2 Å². The number of amides is 1. The summed E-state index contributed by atoms with van der Waals surface area (Å²) >= 11 is 2.77. The van der Waals surface area contributed by atoms with Gasteiger partial charge in [-0.2, -0.15) is 0 Å². The van der Waals surface area contributed by atoms with Gasteiger partial charge < -0.3 is 4.42 Å². The Bertz CT molecular complexity index is 1310. The largest absolute Gasteiger partial charge is 0.467 e. The van der Waals surface area contributed by atoms with Gasteiger partial charge in [-0.25, -0.2) is 13.4 Å². The highest BCUT2D eigenvalue weighted by molar-refractivity contribution is 7.98. The third-order valence-electron chi connectivity index (χ3n) is 4.48. The Morgan fingerprint density at radius 2 is 1.97 bits per heavy atom. The fourth-order valence-corrected chi connectivity index (χ4v) is 5.30. The second-order valence-corrected chi connectivity index (χ2v) is 10.4. The van der Waals surface area contributed by atoms with Crippen molar-refractivity contribution in [2.24, 2.45) is 0 Å². The van der Waals surface area contributed by atoms with Crippen LogP contribution in [0.1, 0.15) is 16.1 Å². The molecule has 0 spiro atoms. The summed E-state index contributed by atoms with van der Waals surface area (Å²) in [6.45, 7) is 0.216. The van der Waals surface area contributed by atoms with Gasteiger partial charge in [0.25, 0.3) is 5.91 Å². The number of carbonyl (C=O) groups is 1. The van der Waals surface area contributed by atoms with Crippen molar-refractivity contribution in [3.05, 3.63) is 72.2 Å². The number of benzene rings is 2. The molecule has 4 aromatic rings. The zero-order valence-corrected chi connectivity index (χ0v) is 18.7. The summed E-state index contributed by atoms with van der Waals surface area (Å²) in [7, 11) is -3.33. The Morgan fingerprint density at radius 1 is 1.17 bits per heavy atom. The number of nitrogens with zero attached hydrogens (tertiary/aromatic N) is 2. The van der Waals surface area contributed by atoms with Gasteiger partial charge in [0.05, 0.1) is 33.5 Å². The van der Waals surface area contributed by atoms with Crippen LogP contribution >= 0.6 is 23.1 Å². The van der Waals surface area contributed by atoms with E-state index in [1.165, 1.54) is 35.4 Å². The third-order valence-corrected chi connectivity index (χ3v) is 7.43. The van der Waals surface area contributed by atoms with E-state index in [9.17, 15) is 13.2 Å². The molecule has 1 amide bonds. The summed E-state index contributed by atoms with van der Waals surface area (Å²) in [4.78, 5) is 20.8. The first-order valence-electron chi connectivity index (χ1n) is 8.95. The van der Waals surface area contributed by atoms with Crippen molar-refractivity contribution in [3.63, 3.8) is 0 Å². The molecule has 30 heavy (non-hydrogen) atoms. The van der Waals surface area contributed by atoms with Crippen molar-refractivity contribution in [2.75, 3.05) is 17.4 Å². The second kappa shape index (κ2) is 8.25. The monoisotopic (exact) mass is 458 g/mol. The van der Waals surface area contributed by atoms with E-state index in [0.717, 1.165) is 4.90 Å². The Kier molecular flexibility index (Phi) is 5.68. The maximum Gasteiger partial charge on any atom is 0.261 e. The molecule has 0 unspecified atom stereocenters. The minimum Gasteiger partial charge on any atom is -0.467 e. The lowest BCUT2D eigenvalue weighted by molar-refractivity contribution is 0.0980. The van der Waals surface area contributed by atoms with Crippen LogP contribution in [0, 0.1) is 0 Å². The molecule has 4 rings (SSSR count). The van der Waals surface area contributed by atoms with Gasteiger partial charge >= 0.3 is 0 Å². The zero-order chi connectivity index (χ0) is 21.3. The number of carbonyl (C=O) groups excluding carboxylic acids is 1. The summed E-state index contributed by atoms with van der Waals surface area (Å²) in [5.41, 5.74) is 1.21. The van der Waals surface area contributed by atoms with Crippen molar-refractivity contribution in [1.29, 1.82) is 0 Å². The summed E-state index contributed by atoms with van der Waals surface area (Å²) in [5.74, 6) is 0.430. The lowest BCUT2D eigenvalue weighted by Gasteiger charge is -2.20. The Morgan fingerprint density at radius 3 is 2.67 bits per heavy atom. The molecule has 0 radical (unpaired) electrons. The maximum absolute atomic E-state index is 13.5. The number of rotatable bonds is 6. The van der Waals surface area contributed by atoms with Gasteiger partial charge in [-0.1, -0.05) is 23.5 Å². The molecule has 0 bridgehead atoms. The van der Waals surface area contributed by atoms with Gasteiger partial charge in [-0.15, -0.1) is 11.8 Å². The highest BCUT2D eigenvalue weighted by Gasteiger charge is 2.25. The van der Waals surface area contributed by atoms with Crippen molar-refractivity contribution in [2.45, 2.75) is 16.3 Å². The first-order valence-corrected chi connectivity index (χ1v) is 12.9. The van der Waals surface area contributed by atoms with Gasteiger partial charge in [0.1, 0.15) is 5.76 Å². The predicted molar refractivity (Wildman–Crippen MR) is 120 cm³/mol. The molecule has 0 aliphatic rings. The number of fused-ring (bicyclic) bond motifs is 1. The highest BCUT2D eigenvalue weighted by Crippen LogP contribution is 2.33. The molecule has 0 saturated heterocycles. The van der Waals surface area contributed by atoms with Crippen LogP contribution in [-0.4, -0.2) is 31.8 Å². The maximum atomic E-state index is 13.5. The lowest BCUT2D eigenvalue weighted by Crippen LogP contribution is -2.30. The fraction of sp³-hybridized carbons (Fsp3) is 0.143. The van der Waals surface area contributed by atoms with E-state index in [4.69, 9.17) is 4.42 Å². The van der Waals surface area contributed by atoms with Gasteiger partial charge in [0.15, 0.2) is 15.0 Å². The number of thiazole rings is 1. The Balaban J connectivity index is 1.80. The van der Waals surface area contributed by atoms with E-state index >= 15 is 0 Å². The lowest BCUT2D eigenvalue weighted by atomic mass is 10.2. The van der Waals surface area contributed by atoms with Crippen LogP contribution in [0.2, 0.25) is 0 Å². The minimum absolute atomic E-state index is 0.196. The van der Waals surface area contributed by atoms with Crippen LogP contribution in [0.15, 0.2) is 75.1 Å². The van der Waals surface area contributed by atoms with Crippen LogP contribution in [-0.2, 0) is 16.4 Å². The number of sulfone groups is 1. The van der Waals surface area contributed by atoms with Crippen LogP contribution in [0.3, 0.4) is 0 Å². The van der Waals surface area contributed by atoms with Crippen LogP contribution in [0.5, 0.6) is 0 Å². The normalized spacial score (nSPS) is 11.7. The van der Waals surface area contributed by atoms with Gasteiger partial charge in [-0.3, -0.25) is 9.69 Å². The second-order valence-electron chi connectivity index (χ2n) is 6.57. The average Bonchev–Trinajstić information content (AvgIpc) is 3.39. The molecule has 6 nitrogen and oxygen atoms in total. The van der Waals surface area contributed by atoms with E-state index in [-0.39, 0.29) is 17.3 Å². The van der Waals surface area contributed by atoms with Crippen molar-refractivity contribution < 1.29 is 17.6 Å². The van der Waals surface area contributed by atoms with E-state index < -0.39 is 9.84 Å². The molecule has 2 heterocycles. The number of thioether (sulfide) groups is 1. The number of hydrogen-bond acceptors (Lipinski definition) is 7. The zero-order valence-electron chi connectivity index (χ0n) is 16.2. The van der Waals surface area contributed by atoms with Gasteiger partial charge in [-0.05, 0) is 48.7 Å². The molecule has 0 N–H and O–H groups in total. The average molecular weight is 459 g/mol. The topological polar surface area (TPSA) is 80.5 Å². The highest BCUT2D eigenvalue weighted by atomic mass is 32.2. The van der Waals surface area contributed by atoms with Crippen LogP contribution in [0.25, 0.3) is 10.2 Å². The molecule has 9 heteroatoms. The quantitative estimate of drug-likeness (QED) is 0.384. The molecule has 154 valence electrons. The minimum atomic E-state index is -3.33. The molecule has 0 fully saturated rings. The molecule has 0 atom stereocenters. The fourth-order valence-electron chi connectivity index (χ4n) is 2.99. The molecular formula is C21H18N2O4S3. The Hall–Kier alpha value is -2.62. The summed E-state index contributed by atoms with van der Waals surface area (Å²) < 4.78 is 30.0. The molecule has 2 aromatic heterocycles. The molecule has 0 aliphatic heterocycles. The smallest absolute Gasteiger partial charge is 0.261 e. The molecule has 2 aromatic carbocycles. The summed E-state index contributed by atoms with van der Waals surface area (Å²) in [6, 6.07) is 15.8. The number of anilines is 1. The third kappa shape index (κ3) is 4.14. The molecule has 0 aliphatic carbocycles. The van der Waals surface area contributed by atoms with E-state index in [2.05, 4.69) is 4.98 Å². The molecular weight excluding hydrogens is 440 g/mol. The van der Waals surface area contributed by atoms with Crippen molar-refractivity contribution >= 4 is 54.2 Å². The van der Waals surface area contributed by atoms with Crippen LogP contribution in [0.4, 0.5) is 5.13 Å². The van der Waals surface area contributed by atoms with Crippen LogP contribution < -0.4 is 4.90 Å².